The van der Waals surface area contributed by atoms with Crippen molar-refractivity contribution >= 4 is 14.0 Å². The highest BCUT2D eigenvalue weighted by molar-refractivity contribution is 6.76. The Morgan fingerprint density at radius 2 is 2.22 bits per heavy atom. The van der Waals surface area contributed by atoms with Gasteiger partial charge < -0.3 is 9.47 Å². The Bertz CT molecular complexity index is 778. The predicted octanol–water partition coefficient (Wildman–Crippen LogP) is 3.37. The number of nitrogens with zero attached hydrogens (tertiary/aromatic N) is 3. The van der Waals surface area contributed by atoms with Gasteiger partial charge in [0.05, 0.1) is 12.8 Å². The molecule has 2 aromatic heterocycles. The first kappa shape index (κ1) is 19.8. The second kappa shape index (κ2) is 8.39. The zero-order valence-corrected chi connectivity index (χ0v) is 17.7. The van der Waals surface area contributed by atoms with Gasteiger partial charge in [0, 0.05) is 32.1 Å². The maximum Gasteiger partial charge on any atom is 0.359 e. The van der Waals surface area contributed by atoms with Gasteiger partial charge in [0.15, 0.2) is 5.69 Å². The molecule has 1 aliphatic rings. The second-order valence-electron chi connectivity index (χ2n) is 8.35. The molecule has 3 rings (SSSR count). The third-order valence-corrected chi connectivity index (χ3v) is 6.66. The van der Waals surface area contributed by atoms with Crippen LogP contribution in [-0.4, -0.2) is 47.2 Å². The van der Waals surface area contributed by atoms with Crippen LogP contribution in [0.25, 0.3) is 0 Å². The minimum absolute atomic E-state index is 0.336. The first-order valence-corrected chi connectivity index (χ1v) is 13.4. The number of fused-ring (bicyclic) bond motifs is 1. The monoisotopic (exact) mass is 390 g/mol. The van der Waals surface area contributed by atoms with Crippen LogP contribution in [0.4, 0.5) is 0 Å². The van der Waals surface area contributed by atoms with E-state index in [2.05, 4.69) is 41.1 Å². The Morgan fingerprint density at radius 1 is 1.41 bits per heavy atom. The fourth-order valence-corrected chi connectivity index (χ4v) is 4.11. The van der Waals surface area contributed by atoms with Crippen molar-refractivity contribution in [2.45, 2.75) is 64.5 Å². The number of aromatic nitrogens is 4. The van der Waals surface area contributed by atoms with Gasteiger partial charge in [-0.15, -0.1) is 0 Å². The molecule has 148 valence electrons. The Kier molecular flexibility index (Phi) is 6.16. The number of hydrogen-bond acceptors (Lipinski definition) is 5. The van der Waals surface area contributed by atoms with Crippen LogP contribution in [0.3, 0.4) is 0 Å². The van der Waals surface area contributed by atoms with Crippen molar-refractivity contribution in [1.82, 2.24) is 20.0 Å². The molecule has 0 amide bonds. The number of ether oxygens (including phenoxy) is 2. The van der Waals surface area contributed by atoms with E-state index in [4.69, 9.17) is 9.47 Å². The number of nitrogens with one attached hydrogen (secondary N) is 1. The molecule has 0 aliphatic heterocycles. The van der Waals surface area contributed by atoms with Crippen molar-refractivity contribution in [3.63, 3.8) is 0 Å². The number of H-pyrrole nitrogens is 1. The minimum atomic E-state index is -1.06. The summed E-state index contributed by atoms with van der Waals surface area (Å²) in [5, 5.41) is 11.7. The molecular formula is C19H30N4O3Si. The second-order valence-corrected chi connectivity index (χ2v) is 14.0. The highest BCUT2D eigenvalue weighted by Gasteiger charge is 2.28. The SMILES string of the molecule is CCOC(=O)c1n[nH]c2c1CCC(c1cnn(COCC[Si](C)(C)C)c1)C2. The number of esters is 1. The number of carbonyl (C=O) groups is 1. The molecular weight excluding hydrogens is 360 g/mol. The molecule has 0 fully saturated rings. The van der Waals surface area contributed by atoms with Crippen molar-refractivity contribution < 1.29 is 14.3 Å². The normalized spacial score (nSPS) is 17.0. The van der Waals surface area contributed by atoms with Gasteiger partial charge in [-0.05, 0) is 43.7 Å². The van der Waals surface area contributed by atoms with Crippen LogP contribution >= 0.6 is 0 Å². The summed E-state index contributed by atoms with van der Waals surface area (Å²) in [5.41, 5.74) is 3.69. The molecule has 2 aromatic rings. The molecule has 2 heterocycles. The summed E-state index contributed by atoms with van der Waals surface area (Å²) in [6, 6.07) is 1.16. The van der Waals surface area contributed by atoms with E-state index in [9.17, 15) is 4.79 Å². The van der Waals surface area contributed by atoms with Gasteiger partial charge in [-0.3, -0.25) is 5.10 Å². The minimum Gasteiger partial charge on any atom is -0.461 e. The zero-order chi connectivity index (χ0) is 19.4. The summed E-state index contributed by atoms with van der Waals surface area (Å²) in [6.07, 6.45) is 6.64. The van der Waals surface area contributed by atoms with Crippen molar-refractivity contribution in [2.75, 3.05) is 13.2 Å². The molecule has 1 aliphatic carbocycles. The van der Waals surface area contributed by atoms with Gasteiger partial charge in [0.25, 0.3) is 0 Å². The number of hydrogen-bond donors (Lipinski definition) is 1. The Balaban J connectivity index is 1.57. The molecule has 0 aromatic carbocycles. The Labute approximate surface area is 161 Å². The summed E-state index contributed by atoms with van der Waals surface area (Å²) in [7, 11) is -1.06. The number of aromatic amines is 1. The van der Waals surface area contributed by atoms with Crippen LogP contribution < -0.4 is 0 Å². The third kappa shape index (κ3) is 5.07. The smallest absolute Gasteiger partial charge is 0.359 e. The summed E-state index contributed by atoms with van der Waals surface area (Å²) in [5.74, 6) is 0.0421. The van der Waals surface area contributed by atoms with Crippen molar-refractivity contribution in [1.29, 1.82) is 0 Å². The molecule has 0 bridgehead atoms. The lowest BCUT2D eigenvalue weighted by atomic mass is 9.83. The molecule has 0 saturated carbocycles. The maximum absolute atomic E-state index is 12.0. The van der Waals surface area contributed by atoms with Crippen molar-refractivity contribution in [3.05, 3.63) is 34.9 Å². The van der Waals surface area contributed by atoms with Crippen LogP contribution in [-0.2, 0) is 29.0 Å². The van der Waals surface area contributed by atoms with Gasteiger partial charge >= 0.3 is 5.97 Å². The van der Waals surface area contributed by atoms with Crippen molar-refractivity contribution in [3.8, 4) is 0 Å². The quantitative estimate of drug-likeness (QED) is 0.424. The lowest BCUT2D eigenvalue weighted by molar-refractivity contribution is 0.0518. The van der Waals surface area contributed by atoms with E-state index in [0.29, 0.717) is 24.9 Å². The highest BCUT2D eigenvalue weighted by Crippen LogP contribution is 2.33. The van der Waals surface area contributed by atoms with E-state index in [1.165, 1.54) is 5.56 Å². The summed E-state index contributed by atoms with van der Waals surface area (Å²) in [4.78, 5) is 12.0. The van der Waals surface area contributed by atoms with E-state index in [1.54, 1.807) is 6.92 Å². The van der Waals surface area contributed by atoms with E-state index in [1.807, 2.05) is 10.9 Å². The first-order valence-electron chi connectivity index (χ1n) is 9.70. The molecule has 1 unspecified atom stereocenters. The largest absolute Gasteiger partial charge is 0.461 e. The molecule has 1 atom stereocenters. The van der Waals surface area contributed by atoms with E-state index >= 15 is 0 Å². The first-order chi connectivity index (χ1) is 12.9. The van der Waals surface area contributed by atoms with Gasteiger partial charge in [0.1, 0.15) is 6.73 Å². The molecule has 8 heteroatoms. The van der Waals surface area contributed by atoms with Crippen LogP contribution in [0.5, 0.6) is 0 Å². The standard InChI is InChI=1S/C19H30N4O3Si/c1-5-26-19(24)18-16-7-6-14(10-17(16)21-22-18)15-11-20-23(12-15)13-25-8-9-27(2,3)4/h11-12,14H,5-10,13H2,1-4H3,(H,21,22). The fraction of sp³-hybridized carbons (Fsp3) is 0.632. The van der Waals surface area contributed by atoms with E-state index in [-0.39, 0.29) is 5.97 Å². The van der Waals surface area contributed by atoms with E-state index < -0.39 is 8.07 Å². The maximum atomic E-state index is 12.0. The van der Waals surface area contributed by atoms with Gasteiger partial charge in [-0.2, -0.15) is 10.2 Å². The van der Waals surface area contributed by atoms with Crippen LogP contribution in [0.15, 0.2) is 12.4 Å². The lowest BCUT2D eigenvalue weighted by Gasteiger charge is -2.20. The topological polar surface area (TPSA) is 82.0 Å². The van der Waals surface area contributed by atoms with Crippen LogP contribution in [0.2, 0.25) is 25.7 Å². The average Bonchev–Trinajstić information content (AvgIpc) is 3.24. The molecule has 0 saturated heterocycles. The zero-order valence-electron chi connectivity index (χ0n) is 16.7. The average molecular weight is 391 g/mol. The fourth-order valence-electron chi connectivity index (χ4n) is 3.36. The highest BCUT2D eigenvalue weighted by atomic mass is 28.3. The lowest BCUT2D eigenvalue weighted by Crippen LogP contribution is -2.22. The molecule has 1 N–H and O–H groups in total. The van der Waals surface area contributed by atoms with Crippen molar-refractivity contribution in [2.24, 2.45) is 0 Å². The third-order valence-electron chi connectivity index (χ3n) is 4.96. The predicted molar refractivity (Wildman–Crippen MR) is 106 cm³/mol. The Morgan fingerprint density at radius 3 is 2.96 bits per heavy atom. The number of rotatable bonds is 8. The van der Waals surface area contributed by atoms with Gasteiger partial charge in [0.2, 0.25) is 0 Å². The molecule has 27 heavy (non-hydrogen) atoms. The van der Waals surface area contributed by atoms with Crippen LogP contribution in [0.1, 0.15) is 46.6 Å². The summed E-state index contributed by atoms with van der Waals surface area (Å²) >= 11 is 0. The van der Waals surface area contributed by atoms with Gasteiger partial charge in [-0.25, -0.2) is 9.48 Å². The van der Waals surface area contributed by atoms with Gasteiger partial charge in [-0.1, -0.05) is 19.6 Å². The molecule has 0 spiro atoms. The summed E-state index contributed by atoms with van der Waals surface area (Å²) < 4.78 is 12.7. The van der Waals surface area contributed by atoms with E-state index in [0.717, 1.165) is 43.2 Å². The summed E-state index contributed by atoms with van der Waals surface area (Å²) in [6.45, 7) is 10.5. The molecule has 0 radical (unpaired) electrons. The molecule has 7 nitrogen and oxygen atoms in total. The number of carbonyl (C=O) groups excluding carboxylic acids is 1. The van der Waals surface area contributed by atoms with Crippen LogP contribution in [0, 0.1) is 0 Å². The Hall–Kier alpha value is -1.93.